The Labute approximate surface area is 130 Å². The summed E-state index contributed by atoms with van der Waals surface area (Å²) in [7, 11) is 1.57. The lowest BCUT2D eigenvalue weighted by Gasteiger charge is -2.21. The highest BCUT2D eigenvalue weighted by atomic mass is 35.7. The number of amides is 1. The molecule has 0 aromatic heterocycles. The van der Waals surface area contributed by atoms with Gasteiger partial charge in [-0.25, -0.2) is 8.42 Å². The predicted octanol–water partition coefficient (Wildman–Crippen LogP) is 3.83. The third-order valence-electron chi connectivity index (χ3n) is 3.95. The zero-order valence-corrected chi connectivity index (χ0v) is 13.6. The van der Waals surface area contributed by atoms with Gasteiger partial charge in [0.25, 0.3) is 9.05 Å². The van der Waals surface area contributed by atoms with Crippen molar-refractivity contribution < 1.29 is 13.2 Å². The Bertz CT molecular complexity index is 622. The van der Waals surface area contributed by atoms with Crippen LogP contribution in [-0.2, 0) is 13.8 Å². The minimum absolute atomic E-state index is 0.00789. The van der Waals surface area contributed by atoms with Crippen LogP contribution in [-0.4, -0.2) is 14.3 Å². The van der Waals surface area contributed by atoms with Gasteiger partial charge < -0.3 is 5.32 Å². The molecule has 1 aromatic rings. The SMILES string of the molecule is Cc1cc(S(=O)(=O)Cl)ccc1NC(=O)CC1CCCCC1. The quantitative estimate of drug-likeness (QED) is 0.854. The van der Waals surface area contributed by atoms with Crippen molar-refractivity contribution in [1.82, 2.24) is 0 Å². The summed E-state index contributed by atoms with van der Waals surface area (Å²) < 4.78 is 22.5. The minimum Gasteiger partial charge on any atom is -0.326 e. The van der Waals surface area contributed by atoms with Crippen LogP contribution in [0.1, 0.15) is 44.1 Å². The lowest BCUT2D eigenvalue weighted by Crippen LogP contribution is -2.18. The molecule has 6 heteroatoms. The summed E-state index contributed by atoms with van der Waals surface area (Å²) in [5.74, 6) is 0.466. The molecule has 1 aliphatic carbocycles. The molecule has 0 aliphatic heterocycles. The van der Waals surface area contributed by atoms with E-state index in [1.165, 1.54) is 31.4 Å². The number of rotatable bonds is 4. The van der Waals surface area contributed by atoms with Gasteiger partial charge in [0.05, 0.1) is 4.90 Å². The van der Waals surface area contributed by atoms with Gasteiger partial charge in [-0.05, 0) is 49.4 Å². The Hall–Kier alpha value is -1.07. The molecular weight excluding hydrogens is 310 g/mol. The molecule has 0 saturated heterocycles. The maximum absolute atomic E-state index is 12.1. The van der Waals surface area contributed by atoms with E-state index in [2.05, 4.69) is 5.32 Å². The van der Waals surface area contributed by atoms with Crippen molar-refractivity contribution in [3.63, 3.8) is 0 Å². The summed E-state index contributed by atoms with van der Waals surface area (Å²) in [6, 6.07) is 4.47. The Morgan fingerprint density at radius 1 is 1.29 bits per heavy atom. The number of halogens is 1. The summed E-state index contributed by atoms with van der Waals surface area (Å²) in [6.07, 6.45) is 6.46. The van der Waals surface area contributed by atoms with Gasteiger partial charge >= 0.3 is 0 Å². The Morgan fingerprint density at radius 3 is 2.52 bits per heavy atom. The van der Waals surface area contributed by atoms with Crippen molar-refractivity contribution in [2.24, 2.45) is 5.92 Å². The van der Waals surface area contributed by atoms with Crippen LogP contribution in [0.15, 0.2) is 23.1 Å². The molecule has 0 atom stereocenters. The van der Waals surface area contributed by atoms with E-state index >= 15 is 0 Å². The fourth-order valence-electron chi connectivity index (χ4n) is 2.78. The van der Waals surface area contributed by atoms with Crippen molar-refractivity contribution >= 4 is 31.3 Å². The van der Waals surface area contributed by atoms with E-state index in [0.717, 1.165) is 12.8 Å². The van der Waals surface area contributed by atoms with Crippen LogP contribution in [0.5, 0.6) is 0 Å². The maximum Gasteiger partial charge on any atom is 0.261 e. The average Bonchev–Trinajstić information content (AvgIpc) is 2.41. The van der Waals surface area contributed by atoms with E-state index in [1.807, 2.05) is 0 Å². The fourth-order valence-corrected chi connectivity index (χ4v) is 3.62. The Balaban J connectivity index is 2.00. The normalized spacial score (nSPS) is 16.7. The highest BCUT2D eigenvalue weighted by Crippen LogP contribution is 2.27. The molecule has 1 aliphatic rings. The van der Waals surface area contributed by atoms with Gasteiger partial charge in [0, 0.05) is 22.8 Å². The summed E-state index contributed by atoms with van der Waals surface area (Å²) >= 11 is 0. The second-order valence-electron chi connectivity index (χ2n) is 5.67. The largest absolute Gasteiger partial charge is 0.326 e. The Kier molecular flexibility index (Phi) is 5.27. The summed E-state index contributed by atoms with van der Waals surface area (Å²) in [5.41, 5.74) is 1.33. The average molecular weight is 330 g/mol. The molecule has 4 nitrogen and oxygen atoms in total. The first-order valence-corrected chi connectivity index (χ1v) is 9.52. The van der Waals surface area contributed by atoms with E-state index < -0.39 is 9.05 Å². The van der Waals surface area contributed by atoms with Gasteiger partial charge in [0.2, 0.25) is 5.91 Å². The first-order chi connectivity index (χ1) is 9.86. The Morgan fingerprint density at radius 2 is 1.95 bits per heavy atom. The highest BCUT2D eigenvalue weighted by Gasteiger charge is 2.18. The van der Waals surface area contributed by atoms with Crippen molar-refractivity contribution in [2.75, 3.05) is 5.32 Å². The second-order valence-corrected chi connectivity index (χ2v) is 8.24. The number of carbonyl (C=O) groups is 1. The standard InChI is InChI=1S/C15H20ClNO3S/c1-11-9-13(21(16,19)20)7-8-14(11)17-15(18)10-12-5-3-2-4-6-12/h7-9,12H,2-6,10H2,1H3,(H,17,18). The van der Waals surface area contributed by atoms with Gasteiger partial charge in [-0.15, -0.1) is 0 Å². The van der Waals surface area contributed by atoms with E-state index in [-0.39, 0.29) is 10.8 Å². The number of nitrogens with one attached hydrogen (secondary N) is 1. The van der Waals surface area contributed by atoms with Crippen LogP contribution in [0.25, 0.3) is 0 Å². The molecule has 1 fully saturated rings. The molecule has 1 N–H and O–H groups in total. The van der Waals surface area contributed by atoms with Gasteiger partial charge in [-0.1, -0.05) is 19.3 Å². The lowest BCUT2D eigenvalue weighted by molar-refractivity contribution is -0.117. The van der Waals surface area contributed by atoms with Crippen LogP contribution < -0.4 is 5.32 Å². The smallest absolute Gasteiger partial charge is 0.261 e. The molecule has 1 saturated carbocycles. The highest BCUT2D eigenvalue weighted by molar-refractivity contribution is 8.13. The molecule has 0 heterocycles. The molecule has 2 rings (SSSR count). The molecule has 0 radical (unpaired) electrons. The van der Waals surface area contributed by atoms with Crippen LogP contribution >= 0.6 is 10.7 Å². The molecule has 1 amide bonds. The molecule has 0 unspecified atom stereocenters. The number of anilines is 1. The molecule has 1 aromatic carbocycles. The van der Waals surface area contributed by atoms with Crippen LogP contribution in [0, 0.1) is 12.8 Å². The summed E-state index contributed by atoms with van der Waals surface area (Å²) in [5, 5.41) is 2.86. The van der Waals surface area contributed by atoms with E-state index in [0.29, 0.717) is 23.6 Å². The van der Waals surface area contributed by atoms with Crippen molar-refractivity contribution in [2.45, 2.75) is 50.3 Å². The van der Waals surface area contributed by atoms with E-state index in [4.69, 9.17) is 10.7 Å². The molecule has 0 bridgehead atoms. The lowest BCUT2D eigenvalue weighted by atomic mass is 9.87. The third-order valence-corrected chi connectivity index (χ3v) is 5.30. The van der Waals surface area contributed by atoms with Crippen LogP contribution in [0.2, 0.25) is 0 Å². The van der Waals surface area contributed by atoms with Gasteiger partial charge in [-0.3, -0.25) is 4.79 Å². The molecule has 116 valence electrons. The molecule has 21 heavy (non-hydrogen) atoms. The molecular formula is C15H20ClNO3S. The van der Waals surface area contributed by atoms with Crippen molar-refractivity contribution in [3.05, 3.63) is 23.8 Å². The number of carbonyl (C=O) groups excluding carboxylic acids is 1. The van der Waals surface area contributed by atoms with Crippen LogP contribution in [0.3, 0.4) is 0 Å². The van der Waals surface area contributed by atoms with Crippen molar-refractivity contribution in [1.29, 1.82) is 0 Å². The third kappa shape index (κ3) is 4.71. The second kappa shape index (κ2) is 6.79. The first-order valence-electron chi connectivity index (χ1n) is 7.21. The zero-order chi connectivity index (χ0) is 15.5. The zero-order valence-electron chi connectivity index (χ0n) is 12.1. The van der Waals surface area contributed by atoms with Gasteiger partial charge in [0.15, 0.2) is 0 Å². The minimum atomic E-state index is -3.73. The number of benzene rings is 1. The van der Waals surface area contributed by atoms with E-state index in [1.54, 1.807) is 13.0 Å². The topological polar surface area (TPSA) is 63.2 Å². The van der Waals surface area contributed by atoms with Crippen molar-refractivity contribution in [3.8, 4) is 0 Å². The number of aryl methyl sites for hydroxylation is 1. The van der Waals surface area contributed by atoms with Crippen LogP contribution in [0.4, 0.5) is 5.69 Å². The fraction of sp³-hybridized carbons (Fsp3) is 0.533. The summed E-state index contributed by atoms with van der Waals surface area (Å²) in [4.78, 5) is 12.1. The number of hydrogen-bond acceptors (Lipinski definition) is 3. The predicted molar refractivity (Wildman–Crippen MR) is 84.0 cm³/mol. The number of hydrogen-bond donors (Lipinski definition) is 1. The first kappa shape index (κ1) is 16.3. The van der Waals surface area contributed by atoms with Gasteiger partial charge in [0.1, 0.15) is 0 Å². The van der Waals surface area contributed by atoms with Gasteiger partial charge in [-0.2, -0.15) is 0 Å². The molecule has 0 spiro atoms. The monoisotopic (exact) mass is 329 g/mol. The maximum atomic E-state index is 12.1. The van der Waals surface area contributed by atoms with E-state index in [9.17, 15) is 13.2 Å². The summed E-state index contributed by atoms with van der Waals surface area (Å²) in [6.45, 7) is 1.75.